The van der Waals surface area contributed by atoms with Crippen LogP contribution in [0.5, 0.6) is 0 Å². The molecule has 0 radical (unpaired) electrons. The summed E-state index contributed by atoms with van der Waals surface area (Å²) >= 11 is 0. The number of esters is 1. The monoisotopic (exact) mass is 393 g/mol. The lowest BCUT2D eigenvalue weighted by molar-refractivity contribution is -0.145. The van der Waals surface area contributed by atoms with E-state index in [1.54, 1.807) is 24.3 Å². The molecule has 152 valence electrons. The van der Waals surface area contributed by atoms with Crippen molar-refractivity contribution in [1.82, 2.24) is 5.32 Å². The van der Waals surface area contributed by atoms with Gasteiger partial charge < -0.3 is 10.1 Å². The minimum absolute atomic E-state index is 0.0495. The van der Waals surface area contributed by atoms with Crippen molar-refractivity contribution in [3.05, 3.63) is 71.3 Å². The van der Waals surface area contributed by atoms with E-state index < -0.39 is 12.0 Å². The Labute approximate surface area is 171 Å². The smallest absolute Gasteiger partial charge is 0.328 e. The van der Waals surface area contributed by atoms with E-state index >= 15 is 0 Å². The molecule has 0 saturated heterocycles. The van der Waals surface area contributed by atoms with Gasteiger partial charge in [-0.3, -0.25) is 9.59 Å². The fourth-order valence-electron chi connectivity index (χ4n) is 3.85. The first kappa shape index (κ1) is 20.8. The van der Waals surface area contributed by atoms with E-state index in [1.165, 1.54) is 20.0 Å². The molecule has 1 amide bonds. The topological polar surface area (TPSA) is 72.5 Å². The molecule has 1 aliphatic carbocycles. The second-order valence-corrected chi connectivity index (χ2v) is 7.59. The van der Waals surface area contributed by atoms with E-state index in [0.717, 1.165) is 18.4 Å². The van der Waals surface area contributed by atoms with Gasteiger partial charge in [0.2, 0.25) is 5.91 Å². The molecule has 0 bridgehead atoms. The zero-order valence-corrected chi connectivity index (χ0v) is 16.7. The number of ether oxygens (including phenoxy) is 1. The lowest BCUT2D eigenvalue weighted by Gasteiger charge is -2.18. The molecule has 0 aromatic heterocycles. The lowest BCUT2D eigenvalue weighted by atomic mass is 9.99. The number of hydrogen-bond acceptors (Lipinski definition) is 4. The predicted molar refractivity (Wildman–Crippen MR) is 111 cm³/mol. The second kappa shape index (κ2) is 10.0. The summed E-state index contributed by atoms with van der Waals surface area (Å²) in [6, 6.07) is 15.5. The van der Waals surface area contributed by atoms with Gasteiger partial charge in [-0.25, -0.2) is 4.79 Å². The maximum absolute atomic E-state index is 12.5. The first-order valence-corrected chi connectivity index (χ1v) is 10.1. The number of carbonyl (C=O) groups is 3. The van der Waals surface area contributed by atoms with E-state index in [2.05, 4.69) is 5.32 Å². The maximum atomic E-state index is 12.5. The summed E-state index contributed by atoms with van der Waals surface area (Å²) in [6.07, 6.45) is 5.28. The summed E-state index contributed by atoms with van der Waals surface area (Å²) in [7, 11) is 1.32. The SMILES string of the molecule is COC(=O)[C@H](Cc1ccc(C(=O)c2ccccc2)cc1)NC(=O)CC1CCCC1. The summed E-state index contributed by atoms with van der Waals surface area (Å²) in [5.41, 5.74) is 2.07. The van der Waals surface area contributed by atoms with Gasteiger partial charge >= 0.3 is 5.97 Å². The molecule has 2 aromatic carbocycles. The zero-order chi connectivity index (χ0) is 20.6. The largest absolute Gasteiger partial charge is 0.467 e. The molecule has 5 nitrogen and oxygen atoms in total. The molecule has 1 N–H and O–H groups in total. The van der Waals surface area contributed by atoms with E-state index in [0.29, 0.717) is 29.9 Å². The number of hydrogen-bond donors (Lipinski definition) is 1. The van der Waals surface area contributed by atoms with Crippen molar-refractivity contribution >= 4 is 17.7 Å². The Balaban J connectivity index is 1.63. The number of nitrogens with one attached hydrogen (secondary N) is 1. The highest BCUT2D eigenvalue weighted by Crippen LogP contribution is 2.27. The molecular formula is C24H27NO4. The Morgan fingerprint density at radius 1 is 0.966 bits per heavy atom. The van der Waals surface area contributed by atoms with Crippen LogP contribution in [0.15, 0.2) is 54.6 Å². The third-order valence-electron chi connectivity index (χ3n) is 5.46. The second-order valence-electron chi connectivity index (χ2n) is 7.59. The Morgan fingerprint density at radius 2 is 1.59 bits per heavy atom. The van der Waals surface area contributed by atoms with Gasteiger partial charge in [-0.05, 0) is 24.3 Å². The molecule has 5 heteroatoms. The Hall–Kier alpha value is -2.95. The third kappa shape index (κ3) is 5.76. The van der Waals surface area contributed by atoms with Crippen molar-refractivity contribution in [3.8, 4) is 0 Å². The molecule has 2 aromatic rings. The van der Waals surface area contributed by atoms with Crippen molar-refractivity contribution in [2.24, 2.45) is 5.92 Å². The van der Waals surface area contributed by atoms with Crippen LogP contribution in [-0.2, 0) is 20.7 Å². The molecule has 0 unspecified atom stereocenters. The molecule has 1 aliphatic rings. The summed E-state index contributed by atoms with van der Waals surface area (Å²) < 4.78 is 4.87. The lowest BCUT2D eigenvalue weighted by Crippen LogP contribution is -2.43. The van der Waals surface area contributed by atoms with Gasteiger partial charge in [0.15, 0.2) is 5.78 Å². The Bertz CT molecular complexity index is 839. The average Bonchev–Trinajstić information content (AvgIpc) is 3.26. The van der Waals surface area contributed by atoms with Gasteiger partial charge in [-0.2, -0.15) is 0 Å². The minimum atomic E-state index is -0.732. The van der Waals surface area contributed by atoms with Gasteiger partial charge in [0.05, 0.1) is 7.11 Å². The van der Waals surface area contributed by atoms with Gasteiger partial charge in [0, 0.05) is 24.0 Å². The highest BCUT2D eigenvalue weighted by atomic mass is 16.5. The molecule has 1 atom stereocenters. The normalized spacial score (nSPS) is 14.9. The van der Waals surface area contributed by atoms with Crippen molar-refractivity contribution < 1.29 is 19.1 Å². The van der Waals surface area contributed by atoms with Crippen LogP contribution < -0.4 is 5.32 Å². The van der Waals surface area contributed by atoms with Crippen LogP contribution in [0.25, 0.3) is 0 Å². The molecule has 1 saturated carbocycles. The fourth-order valence-corrected chi connectivity index (χ4v) is 3.85. The number of methoxy groups -OCH3 is 1. The molecular weight excluding hydrogens is 366 g/mol. The number of benzene rings is 2. The van der Waals surface area contributed by atoms with E-state index in [1.807, 2.05) is 30.3 Å². The highest BCUT2D eigenvalue weighted by Gasteiger charge is 2.25. The van der Waals surface area contributed by atoms with E-state index in [4.69, 9.17) is 4.74 Å². The van der Waals surface area contributed by atoms with Crippen LogP contribution in [0.3, 0.4) is 0 Å². The number of rotatable bonds is 8. The summed E-state index contributed by atoms with van der Waals surface area (Å²) in [6.45, 7) is 0. The van der Waals surface area contributed by atoms with Gasteiger partial charge in [-0.1, -0.05) is 67.4 Å². The van der Waals surface area contributed by atoms with Gasteiger partial charge in [-0.15, -0.1) is 0 Å². The van der Waals surface area contributed by atoms with Crippen molar-refractivity contribution in [2.75, 3.05) is 7.11 Å². The maximum Gasteiger partial charge on any atom is 0.328 e. The first-order valence-electron chi connectivity index (χ1n) is 10.1. The van der Waals surface area contributed by atoms with Gasteiger partial charge in [0.25, 0.3) is 0 Å². The van der Waals surface area contributed by atoms with Crippen molar-refractivity contribution in [1.29, 1.82) is 0 Å². The molecule has 0 spiro atoms. The quantitative estimate of drug-likeness (QED) is 0.548. The van der Waals surface area contributed by atoms with Crippen molar-refractivity contribution in [2.45, 2.75) is 44.6 Å². The van der Waals surface area contributed by atoms with Crippen LogP contribution in [-0.4, -0.2) is 30.8 Å². The van der Waals surface area contributed by atoms with E-state index in [9.17, 15) is 14.4 Å². The summed E-state index contributed by atoms with van der Waals surface area (Å²) in [4.78, 5) is 37.0. The van der Waals surface area contributed by atoms with Crippen LogP contribution in [0.1, 0.15) is 53.6 Å². The number of ketones is 1. The molecule has 0 aliphatic heterocycles. The van der Waals surface area contributed by atoms with Crippen LogP contribution in [0.4, 0.5) is 0 Å². The van der Waals surface area contributed by atoms with E-state index in [-0.39, 0.29) is 11.7 Å². The Kier molecular flexibility index (Phi) is 7.17. The van der Waals surface area contributed by atoms with Gasteiger partial charge in [0.1, 0.15) is 6.04 Å². The third-order valence-corrected chi connectivity index (χ3v) is 5.46. The summed E-state index contributed by atoms with van der Waals surface area (Å²) in [5, 5.41) is 2.83. The van der Waals surface area contributed by atoms with Crippen LogP contribution in [0, 0.1) is 5.92 Å². The first-order chi connectivity index (χ1) is 14.1. The Morgan fingerprint density at radius 3 is 2.21 bits per heavy atom. The zero-order valence-electron chi connectivity index (χ0n) is 16.7. The standard InChI is InChI=1S/C24H27NO4/c1-29-24(28)21(25-22(26)16-17-7-5-6-8-17)15-18-11-13-20(14-12-18)23(27)19-9-3-2-4-10-19/h2-4,9-14,17,21H,5-8,15-16H2,1H3,(H,25,26)/t21-/m0/s1. The average molecular weight is 393 g/mol. The molecule has 3 rings (SSSR count). The fraction of sp³-hybridized carbons (Fsp3) is 0.375. The molecule has 29 heavy (non-hydrogen) atoms. The summed E-state index contributed by atoms with van der Waals surface area (Å²) in [5.74, 6) is -0.208. The van der Waals surface area contributed by atoms with Crippen molar-refractivity contribution in [3.63, 3.8) is 0 Å². The predicted octanol–water partition coefficient (Wildman–Crippen LogP) is 3.70. The van der Waals surface area contributed by atoms with Crippen LogP contribution >= 0.6 is 0 Å². The van der Waals surface area contributed by atoms with Crippen LogP contribution in [0.2, 0.25) is 0 Å². The number of carbonyl (C=O) groups excluding carboxylic acids is 3. The molecule has 1 fully saturated rings. The number of amides is 1. The minimum Gasteiger partial charge on any atom is -0.467 e. The highest BCUT2D eigenvalue weighted by molar-refractivity contribution is 6.08. The molecule has 0 heterocycles.